The molecule has 0 radical (unpaired) electrons. The first-order valence-corrected chi connectivity index (χ1v) is 10.9. The summed E-state index contributed by atoms with van der Waals surface area (Å²) < 4.78 is 0. The molecule has 144 valence electrons. The molecule has 2 fully saturated rings. The number of rotatable bonds is 3. The van der Waals surface area contributed by atoms with E-state index in [1.54, 1.807) is 24.3 Å². The summed E-state index contributed by atoms with van der Waals surface area (Å²) in [6.07, 6.45) is 1.28. The number of nitrogens with zero attached hydrogens (tertiary/aromatic N) is 1. The number of nitrogens with one attached hydrogen (secondary N) is 1. The molecular formula is C21H18Br2N2O3. The second-order valence-electron chi connectivity index (χ2n) is 7.10. The summed E-state index contributed by atoms with van der Waals surface area (Å²) in [4.78, 5) is 39.7. The van der Waals surface area contributed by atoms with E-state index >= 15 is 0 Å². The topological polar surface area (TPSA) is 66.5 Å². The van der Waals surface area contributed by atoms with Crippen molar-refractivity contribution in [2.24, 2.45) is 11.8 Å². The first-order chi connectivity index (χ1) is 13.5. The van der Waals surface area contributed by atoms with Crippen LogP contribution in [0.1, 0.15) is 23.2 Å². The van der Waals surface area contributed by atoms with Crippen LogP contribution in [0.2, 0.25) is 0 Å². The van der Waals surface area contributed by atoms with E-state index in [4.69, 9.17) is 0 Å². The van der Waals surface area contributed by atoms with Gasteiger partial charge in [-0.05, 0) is 49.2 Å². The van der Waals surface area contributed by atoms with Crippen LogP contribution in [0, 0.1) is 11.8 Å². The number of amides is 3. The third kappa shape index (κ3) is 3.53. The molecule has 28 heavy (non-hydrogen) atoms. The smallest absolute Gasteiger partial charge is 0.255 e. The molecule has 3 amide bonds. The Morgan fingerprint density at radius 1 is 0.857 bits per heavy atom. The van der Waals surface area contributed by atoms with E-state index in [0.29, 0.717) is 29.8 Å². The number of carbonyl (C=O) groups excluding carboxylic acids is 3. The number of halogens is 2. The van der Waals surface area contributed by atoms with Gasteiger partial charge >= 0.3 is 0 Å². The number of imide groups is 1. The molecule has 0 unspecified atom stereocenters. The van der Waals surface area contributed by atoms with Gasteiger partial charge in [0.25, 0.3) is 5.91 Å². The Labute approximate surface area is 179 Å². The van der Waals surface area contributed by atoms with Gasteiger partial charge in [-0.2, -0.15) is 0 Å². The third-order valence-electron chi connectivity index (χ3n) is 5.33. The standard InChI is InChI=1S/C21H18Br2N2O3/c22-17-10-15-16(11-18(17)23)21(28)25(20(15)27)14-8-6-12(7-9-14)19(26)24-13-4-2-1-3-5-13/h1-9,15-18H,10-11H2,(H,24,26)/t15-,16-,17-,18+/m1/s1. The summed E-state index contributed by atoms with van der Waals surface area (Å²) >= 11 is 7.19. The van der Waals surface area contributed by atoms with Crippen LogP contribution in [-0.2, 0) is 9.59 Å². The first-order valence-electron chi connectivity index (χ1n) is 9.08. The monoisotopic (exact) mass is 504 g/mol. The lowest BCUT2D eigenvalue weighted by molar-refractivity contribution is -0.122. The molecule has 2 aromatic carbocycles. The van der Waals surface area contributed by atoms with Crippen LogP contribution < -0.4 is 10.2 Å². The summed E-state index contributed by atoms with van der Waals surface area (Å²) in [7, 11) is 0. The molecule has 1 N–H and O–H groups in total. The zero-order valence-electron chi connectivity index (χ0n) is 14.8. The first kappa shape index (κ1) is 19.3. The highest BCUT2D eigenvalue weighted by Crippen LogP contribution is 2.44. The molecule has 5 nitrogen and oxygen atoms in total. The van der Waals surface area contributed by atoms with Crippen LogP contribution in [0.3, 0.4) is 0 Å². The maximum atomic E-state index is 12.9. The molecule has 1 aliphatic heterocycles. The molecular weight excluding hydrogens is 488 g/mol. The maximum absolute atomic E-state index is 12.9. The number of hydrogen-bond acceptors (Lipinski definition) is 3. The van der Waals surface area contributed by atoms with Crippen molar-refractivity contribution in [3.05, 3.63) is 60.2 Å². The SMILES string of the molecule is O=C(Nc1ccccc1)c1ccc(N2C(=O)[C@@H]3C[C@@H](Br)[C@@H](Br)C[C@H]3C2=O)cc1. The highest BCUT2D eigenvalue weighted by molar-refractivity contribution is 9.12. The number of fused-ring (bicyclic) bond motifs is 1. The predicted molar refractivity (Wildman–Crippen MR) is 115 cm³/mol. The van der Waals surface area contributed by atoms with Gasteiger partial charge in [-0.25, -0.2) is 0 Å². The van der Waals surface area contributed by atoms with Gasteiger partial charge in [0.05, 0.1) is 17.5 Å². The number of anilines is 2. The zero-order chi connectivity index (χ0) is 19.8. The molecule has 7 heteroatoms. The predicted octanol–water partition coefficient (Wildman–Crippen LogP) is 4.37. The highest BCUT2D eigenvalue weighted by Gasteiger charge is 2.52. The van der Waals surface area contributed by atoms with Crippen molar-refractivity contribution in [1.82, 2.24) is 0 Å². The fraction of sp³-hybridized carbons (Fsp3) is 0.286. The Morgan fingerprint density at radius 2 is 1.39 bits per heavy atom. The molecule has 1 aliphatic carbocycles. The normalized spacial score (nSPS) is 26.9. The molecule has 1 heterocycles. The number of carbonyl (C=O) groups is 3. The third-order valence-corrected chi connectivity index (χ3v) is 8.06. The average Bonchev–Trinajstić information content (AvgIpc) is 2.93. The molecule has 4 rings (SSSR count). The molecule has 0 spiro atoms. The van der Waals surface area contributed by atoms with Crippen LogP contribution in [-0.4, -0.2) is 27.4 Å². The Hall–Kier alpha value is -1.99. The summed E-state index contributed by atoms with van der Waals surface area (Å²) in [5.41, 5.74) is 1.68. The minimum absolute atomic E-state index is 0.152. The van der Waals surface area contributed by atoms with Gasteiger partial charge in [-0.15, -0.1) is 0 Å². The minimum Gasteiger partial charge on any atom is -0.322 e. The van der Waals surface area contributed by atoms with Gasteiger partial charge in [0, 0.05) is 20.9 Å². The fourth-order valence-electron chi connectivity index (χ4n) is 3.84. The van der Waals surface area contributed by atoms with E-state index in [0.717, 1.165) is 0 Å². The van der Waals surface area contributed by atoms with E-state index in [1.165, 1.54) is 4.90 Å². The van der Waals surface area contributed by atoms with Crippen LogP contribution >= 0.6 is 31.9 Å². The number of para-hydroxylation sites is 1. The van der Waals surface area contributed by atoms with E-state index < -0.39 is 0 Å². The van der Waals surface area contributed by atoms with E-state index in [2.05, 4.69) is 37.2 Å². The van der Waals surface area contributed by atoms with Gasteiger partial charge in [0.2, 0.25) is 11.8 Å². The van der Waals surface area contributed by atoms with E-state index in [-0.39, 0.29) is 39.2 Å². The Balaban J connectivity index is 1.52. The highest BCUT2D eigenvalue weighted by atomic mass is 79.9. The average molecular weight is 506 g/mol. The van der Waals surface area contributed by atoms with Crippen molar-refractivity contribution < 1.29 is 14.4 Å². The molecule has 2 aromatic rings. The van der Waals surface area contributed by atoms with Crippen molar-refractivity contribution in [3.63, 3.8) is 0 Å². The fourth-order valence-corrected chi connectivity index (χ4v) is 5.07. The molecule has 2 aliphatic rings. The molecule has 4 atom stereocenters. The lowest BCUT2D eigenvalue weighted by Crippen LogP contribution is -2.34. The van der Waals surface area contributed by atoms with Crippen LogP contribution in [0.15, 0.2) is 54.6 Å². The summed E-state index contributed by atoms with van der Waals surface area (Å²) in [5, 5.41) is 2.82. The second kappa shape index (κ2) is 7.79. The quantitative estimate of drug-likeness (QED) is 0.497. The van der Waals surface area contributed by atoms with Crippen molar-refractivity contribution >= 4 is 61.0 Å². The molecule has 0 bridgehead atoms. The Bertz CT molecular complexity index is 889. The molecule has 1 saturated carbocycles. The lowest BCUT2D eigenvalue weighted by atomic mass is 9.81. The molecule has 0 aromatic heterocycles. The summed E-state index contributed by atoms with van der Waals surface area (Å²) in [6.45, 7) is 0. The van der Waals surface area contributed by atoms with Crippen molar-refractivity contribution in [3.8, 4) is 0 Å². The largest absolute Gasteiger partial charge is 0.322 e. The van der Waals surface area contributed by atoms with Crippen LogP contribution in [0.4, 0.5) is 11.4 Å². The lowest BCUT2D eigenvalue weighted by Gasteiger charge is -2.29. The number of benzene rings is 2. The Morgan fingerprint density at radius 3 is 1.93 bits per heavy atom. The zero-order valence-corrected chi connectivity index (χ0v) is 18.0. The van der Waals surface area contributed by atoms with E-state index in [9.17, 15) is 14.4 Å². The van der Waals surface area contributed by atoms with Gasteiger partial charge in [0.15, 0.2) is 0 Å². The van der Waals surface area contributed by atoms with Gasteiger partial charge in [-0.3, -0.25) is 19.3 Å². The minimum atomic E-state index is -0.285. The van der Waals surface area contributed by atoms with Gasteiger partial charge in [0.1, 0.15) is 0 Å². The number of hydrogen-bond donors (Lipinski definition) is 1. The summed E-state index contributed by atoms with van der Waals surface area (Å²) in [6, 6.07) is 15.8. The second-order valence-corrected chi connectivity index (χ2v) is 9.45. The maximum Gasteiger partial charge on any atom is 0.255 e. The van der Waals surface area contributed by atoms with Crippen molar-refractivity contribution in [2.75, 3.05) is 10.2 Å². The van der Waals surface area contributed by atoms with Crippen LogP contribution in [0.5, 0.6) is 0 Å². The number of alkyl halides is 2. The molecule has 1 saturated heterocycles. The Kier molecular flexibility index (Phi) is 5.38. The van der Waals surface area contributed by atoms with Gasteiger partial charge in [-0.1, -0.05) is 50.1 Å². The summed E-state index contributed by atoms with van der Waals surface area (Å²) in [5.74, 6) is -1.12. The van der Waals surface area contributed by atoms with Crippen molar-refractivity contribution in [1.29, 1.82) is 0 Å². The van der Waals surface area contributed by atoms with Crippen LogP contribution in [0.25, 0.3) is 0 Å². The van der Waals surface area contributed by atoms with Gasteiger partial charge < -0.3 is 5.32 Å². The van der Waals surface area contributed by atoms with Crippen molar-refractivity contribution in [2.45, 2.75) is 22.5 Å². The van der Waals surface area contributed by atoms with E-state index in [1.807, 2.05) is 30.3 Å².